The molecule has 3 rings (SSSR count). The van der Waals surface area contributed by atoms with E-state index in [-0.39, 0.29) is 24.8 Å². The molecule has 2 aromatic heterocycles. The number of fused-ring (bicyclic) bond motifs is 1. The Labute approximate surface area is 183 Å². The largest absolute Gasteiger partial charge is 0.465 e. The number of rotatable bonds is 6. The van der Waals surface area contributed by atoms with Gasteiger partial charge in [-0.25, -0.2) is 15.0 Å². The molecule has 1 fully saturated rings. The summed E-state index contributed by atoms with van der Waals surface area (Å²) in [5.41, 5.74) is 0.748. The number of imidazole rings is 1. The highest BCUT2D eigenvalue weighted by Crippen LogP contribution is 2.32. The zero-order valence-corrected chi connectivity index (χ0v) is 18.2. The van der Waals surface area contributed by atoms with Crippen LogP contribution in [-0.2, 0) is 33.3 Å². The molecule has 0 N–H and O–H groups in total. The van der Waals surface area contributed by atoms with Crippen molar-refractivity contribution in [3.63, 3.8) is 0 Å². The summed E-state index contributed by atoms with van der Waals surface area (Å²) in [6, 6.07) is 0. The molecule has 0 aliphatic carbocycles. The van der Waals surface area contributed by atoms with E-state index in [0.29, 0.717) is 15.0 Å². The second kappa shape index (κ2) is 9.17. The van der Waals surface area contributed by atoms with E-state index in [1.165, 1.54) is 20.2 Å². The van der Waals surface area contributed by atoms with Crippen LogP contribution in [0, 0.1) is 3.83 Å². The minimum absolute atomic E-state index is 0.0164. The number of hydrogen-bond acceptors (Lipinski definition) is 10. The minimum atomic E-state index is -0.936. The van der Waals surface area contributed by atoms with Crippen molar-refractivity contribution in [1.82, 2.24) is 19.5 Å². The van der Waals surface area contributed by atoms with Gasteiger partial charge in [0.2, 0.25) is 0 Å². The molecule has 29 heavy (non-hydrogen) atoms. The first-order valence-electron chi connectivity index (χ1n) is 8.43. The number of nitrogens with zero attached hydrogens (tertiary/aromatic N) is 4. The van der Waals surface area contributed by atoms with Crippen LogP contribution in [0.3, 0.4) is 0 Å². The molecule has 1 saturated heterocycles. The van der Waals surface area contributed by atoms with Gasteiger partial charge in [0, 0.05) is 36.4 Å². The molecule has 0 amide bonds. The molecule has 13 heteroatoms. The van der Waals surface area contributed by atoms with Crippen LogP contribution in [0.15, 0.2) is 6.33 Å². The second-order valence-corrected chi connectivity index (χ2v) is 7.35. The first kappa shape index (κ1) is 21.6. The van der Waals surface area contributed by atoms with Crippen molar-refractivity contribution < 1.29 is 33.3 Å². The fourth-order valence-electron chi connectivity index (χ4n) is 2.78. The fraction of sp³-hybridized carbons (Fsp3) is 0.500. The molecule has 1 aliphatic rings. The Kier molecular flexibility index (Phi) is 6.85. The lowest BCUT2D eigenvalue weighted by Gasteiger charge is -2.23. The molecule has 3 heterocycles. The zero-order chi connectivity index (χ0) is 21.1. The molecule has 156 valence electrons. The van der Waals surface area contributed by atoms with Gasteiger partial charge in [-0.1, -0.05) is 11.6 Å². The minimum Gasteiger partial charge on any atom is -0.465 e. The van der Waals surface area contributed by atoms with E-state index < -0.39 is 36.3 Å². The number of carbonyl (C=O) groups excluding carboxylic acids is 3. The van der Waals surface area contributed by atoms with E-state index >= 15 is 0 Å². The van der Waals surface area contributed by atoms with E-state index in [0.717, 1.165) is 0 Å². The molecular weight excluding hydrogens is 523 g/mol. The number of halogens is 2. The predicted octanol–water partition coefficient (Wildman–Crippen LogP) is 1.41. The average Bonchev–Trinajstić information content (AvgIpc) is 3.18. The van der Waals surface area contributed by atoms with Gasteiger partial charge in [-0.3, -0.25) is 19.0 Å². The van der Waals surface area contributed by atoms with Crippen LogP contribution in [0.5, 0.6) is 0 Å². The molecule has 0 unspecified atom stereocenters. The smallest absolute Gasteiger partial charge is 0.309 e. The van der Waals surface area contributed by atoms with Crippen molar-refractivity contribution in [3.05, 3.63) is 15.3 Å². The highest BCUT2D eigenvalue weighted by atomic mass is 127. The van der Waals surface area contributed by atoms with Crippen molar-refractivity contribution in [2.45, 2.75) is 38.7 Å². The topological polar surface area (TPSA) is 132 Å². The van der Waals surface area contributed by atoms with Crippen LogP contribution < -0.4 is 0 Å². The summed E-state index contributed by atoms with van der Waals surface area (Å²) in [6.45, 7) is 2.35. The lowest BCUT2D eigenvalue weighted by Crippen LogP contribution is -2.36. The lowest BCUT2D eigenvalue weighted by atomic mass is 10.2. The van der Waals surface area contributed by atoms with Crippen molar-refractivity contribution in [2.75, 3.05) is 13.2 Å². The molecule has 11 nitrogen and oxygen atoms in total. The summed E-state index contributed by atoms with van der Waals surface area (Å²) in [5.74, 6) is -1.69. The Morgan fingerprint density at radius 1 is 1.28 bits per heavy atom. The Morgan fingerprint density at radius 2 is 2.03 bits per heavy atom. The molecule has 0 radical (unpaired) electrons. The maximum absolute atomic E-state index is 12.0. The number of esters is 3. The molecule has 0 spiro atoms. The maximum atomic E-state index is 12.0. The Hall–Kier alpha value is -2.06. The van der Waals surface area contributed by atoms with Gasteiger partial charge >= 0.3 is 17.9 Å². The molecular formula is C16H16ClIN4O7. The number of hydrogen-bond donors (Lipinski definition) is 0. The SMILES string of the molecule is CC(=O)OCCC(=O)O[C@@H]1CO[C@@H](n2cnc3c(Cl)nc(I)nc32)[C@@H]1OC(C)=O. The van der Waals surface area contributed by atoms with Gasteiger partial charge in [0.15, 0.2) is 33.1 Å². The predicted molar refractivity (Wildman–Crippen MR) is 105 cm³/mol. The highest BCUT2D eigenvalue weighted by Gasteiger charge is 2.44. The van der Waals surface area contributed by atoms with E-state index in [1.807, 2.05) is 22.6 Å². The number of ether oxygens (including phenoxy) is 4. The summed E-state index contributed by atoms with van der Waals surface area (Å²) in [4.78, 5) is 47.0. The van der Waals surface area contributed by atoms with Gasteiger partial charge < -0.3 is 18.9 Å². The first-order valence-corrected chi connectivity index (χ1v) is 9.89. The van der Waals surface area contributed by atoms with Gasteiger partial charge in [-0.05, 0) is 0 Å². The van der Waals surface area contributed by atoms with Crippen molar-refractivity contribution >= 4 is 63.3 Å². The summed E-state index contributed by atoms with van der Waals surface area (Å²) in [7, 11) is 0. The quantitative estimate of drug-likeness (QED) is 0.175. The van der Waals surface area contributed by atoms with E-state index in [2.05, 4.69) is 15.0 Å². The molecule has 0 aromatic carbocycles. The highest BCUT2D eigenvalue weighted by molar-refractivity contribution is 14.1. The third-order valence-electron chi connectivity index (χ3n) is 3.90. The van der Waals surface area contributed by atoms with Gasteiger partial charge in [-0.15, -0.1) is 0 Å². The van der Waals surface area contributed by atoms with E-state index in [9.17, 15) is 14.4 Å². The summed E-state index contributed by atoms with van der Waals surface area (Å²) >= 11 is 8.02. The molecule has 2 aromatic rings. The van der Waals surface area contributed by atoms with Crippen LogP contribution in [0.2, 0.25) is 5.15 Å². The number of carbonyl (C=O) groups is 3. The Morgan fingerprint density at radius 3 is 2.72 bits per heavy atom. The molecule has 0 saturated carbocycles. The third-order valence-corrected chi connectivity index (χ3v) is 4.65. The van der Waals surface area contributed by atoms with Crippen LogP contribution in [-0.4, -0.2) is 62.8 Å². The third kappa shape index (κ3) is 5.11. The van der Waals surface area contributed by atoms with Crippen LogP contribution >= 0.6 is 34.2 Å². The van der Waals surface area contributed by atoms with Crippen molar-refractivity contribution in [2.24, 2.45) is 0 Å². The van der Waals surface area contributed by atoms with Crippen LogP contribution in [0.25, 0.3) is 11.2 Å². The van der Waals surface area contributed by atoms with Crippen molar-refractivity contribution in [1.29, 1.82) is 0 Å². The van der Waals surface area contributed by atoms with Gasteiger partial charge in [0.05, 0.1) is 19.4 Å². The zero-order valence-electron chi connectivity index (χ0n) is 15.3. The van der Waals surface area contributed by atoms with Crippen molar-refractivity contribution in [3.8, 4) is 0 Å². The average molecular weight is 539 g/mol. The fourth-order valence-corrected chi connectivity index (χ4v) is 3.61. The summed E-state index contributed by atoms with van der Waals surface area (Å²) < 4.78 is 23.1. The van der Waals surface area contributed by atoms with Gasteiger partial charge in [0.1, 0.15) is 12.1 Å². The van der Waals surface area contributed by atoms with Gasteiger partial charge in [0.25, 0.3) is 0 Å². The van der Waals surface area contributed by atoms with Crippen LogP contribution in [0.1, 0.15) is 26.5 Å². The number of aromatic nitrogens is 4. The molecule has 0 bridgehead atoms. The Bertz CT molecular complexity index is 953. The normalized spacial score (nSPS) is 21.2. The monoisotopic (exact) mass is 538 g/mol. The Balaban J connectivity index is 1.80. The van der Waals surface area contributed by atoms with E-state index in [4.69, 9.17) is 30.5 Å². The first-order chi connectivity index (χ1) is 13.8. The molecule has 1 aliphatic heterocycles. The van der Waals surface area contributed by atoms with E-state index in [1.54, 1.807) is 4.57 Å². The lowest BCUT2D eigenvalue weighted by molar-refractivity contribution is -0.167. The molecule has 3 atom stereocenters. The van der Waals surface area contributed by atoms with Crippen LogP contribution in [0.4, 0.5) is 0 Å². The standard InChI is InChI=1S/C16H16ClIN4O7/c1-7(23)26-4-3-10(25)29-9-5-27-15(12(9)28-8(2)24)22-6-19-11-13(17)20-16(18)21-14(11)22/h6,9,12,15H,3-5H2,1-2H3/t9-,12-,15-/m1/s1. The second-order valence-electron chi connectivity index (χ2n) is 6.02. The summed E-state index contributed by atoms with van der Waals surface area (Å²) in [6.07, 6.45) is -1.33. The summed E-state index contributed by atoms with van der Waals surface area (Å²) in [5, 5.41) is 0.175. The maximum Gasteiger partial charge on any atom is 0.309 e. The van der Waals surface area contributed by atoms with Gasteiger partial charge in [-0.2, -0.15) is 0 Å².